The predicted molar refractivity (Wildman–Crippen MR) is 157 cm³/mol. The van der Waals surface area contributed by atoms with Gasteiger partial charge in [-0.05, 0) is 73.1 Å². The predicted octanol–water partition coefficient (Wildman–Crippen LogP) is 7.86. The average Bonchev–Trinajstić information content (AvgIpc) is 2.93. The van der Waals surface area contributed by atoms with Crippen LogP contribution in [0.15, 0.2) is 102 Å². The number of para-hydroxylation sites is 2. The lowest BCUT2D eigenvalue weighted by atomic mass is 9.79. The topological polar surface area (TPSA) is 63.8 Å². The quantitative estimate of drug-likeness (QED) is 0.243. The molecular weight excluding hydrogens is 484 g/mol. The number of hydrogen-bond donors (Lipinski definition) is 1. The van der Waals surface area contributed by atoms with Crippen LogP contribution in [-0.2, 0) is 17.8 Å². The maximum absolute atomic E-state index is 9.37. The van der Waals surface area contributed by atoms with E-state index in [0.29, 0.717) is 0 Å². The Balaban J connectivity index is 0.000000648. The SMILES string of the molecule is CCC(=O)O.CN=c1ccc(-c2ccccc2Oc2ccccc2)cn1CCCc1cccc(C2CCC2)c1. The fraction of sp³-hybridized carbons (Fsp3) is 0.294. The molecule has 1 N–H and O–H groups in total. The van der Waals surface area contributed by atoms with Gasteiger partial charge in [-0.2, -0.15) is 0 Å². The van der Waals surface area contributed by atoms with Crippen LogP contribution in [0.3, 0.4) is 0 Å². The minimum atomic E-state index is -0.745. The van der Waals surface area contributed by atoms with Crippen molar-refractivity contribution in [1.29, 1.82) is 0 Å². The molecule has 0 spiro atoms. The number of aryl methyl sites for hydroxylation is 2. The number of carboxylic acids is 1. The van der Waals surface area contributed by atoms with E-state index in [1.807, 2.05) is 49.5 Å². The first-order chi connectivity index (χ1) is 19.1. The molecule has 5 rings (SSSR count). The molecule has 39 heavy (non-hydrogen) atoms. The summed E-state index contributed by atoms with van der Waals surface area (Å²) in [5.74, 6) is 1.74. The number of hydrogen-bond acceptors (Lipinski definition) is 3. The Morgan fingerprint density at radius 1 is 0.974 bits per heavy atom. The molecule has 202 valence electrons. The number of aromatic nitrogens is 1. The Morgan fingerprint density at radius 2 is 1.72 bits per heavy atom. The third-order valence-corrected chi connectivity index (χ3v) is 7.09. The molecule has 0 saturated heterocycles. The van der Waals surface area contributed by atoms with E-state index >= 15 is 0 Å². The molecule has 1 fully saturated rings. The van der Waals surface area contributed by atoms with Gasteiger partial charge in [-0.1, -0.05) is 74.0 Å². The van der Waals surface area contributed by atoms with E-state index in [1.54, 1.807) is 6.92 Å². The molecule has 1 aliphatic carbocycles. The summed E-state index contributed by atoms with van der Waals surface area (Å²) >= 11 is 0. The maximum Gasteiger partial charge on any atom is 0.303 e. The van der Waals surface area contributed by atoms with Crippen LogP contribution in [0.1, 0.15) is 56.1 Å². The zero-order valence-corrected chi connectivity index (χ0v) is 22.9. The van der Waals surface area contributed by atoms with Gasteiger partial charge in [0.15, 0.2) is 0 Å². The Hall–Kier alpha value is -4.12. The molecule has 1 saturated carbocycles. The van der Waals surface area contributed by atoms with Gasteiger partial charge in [0.1, 0.15) is 17.0 Å². The second kappa shape index (κ2) is 14.1. The van der Waals surface area contributed by atoms with Crippen LogP contribution in [0, 0.1) is 0 Å². The maximum atomic E-state index is 9.37. The lowest BCUT2D eigenvalue weighted by Gasteiger charge is -2.26. The van der Waals surface area contributed by atoms with Gasteiger partial charge in [-0.25, -0.2) is 0 Å². The number of benzene rings is 3. The monoisotopic (exact) mass is 522 g/mol. The molecule has 0 unspecified atom stereocenters. The average molecular weight is 523 g/mol. The van der Waals surface area contributed by atoms with Crippen LogP contribution >= 0.6 is 0 Å². The number of rotatable bonds is 9. The molecule has 1 heterocycles. The fourth-order valence-corrected chi connectivity index (χ4v) is 4.69. The first-order valence-corrected chi connectivity index (χ1v) is 13.8. The molecular formula is C34H38N2O3. The van der Waals surface area contributed by atoms with Crippen molar-refractivity contribution in [3.05, 3.63) is 114 Å². The summed E-state index contributed by atoms with van der Waals surface area (Å²) in [5.41, 5.74) is 6.17. The molecule has 0 aliphatic heterocycles. The van der Waals surface area contributed by atoms with Crippen LogP contribution in [0.2, 0.25) is 0 Å². The number of pyridine rings is 1. The zero-order chi connectivity index (χ0) is 27.5. The highest BCUT2D eigenvalue weighted by molar-refractivity contribution is 5.70. The van der Waals surface area contributed by atoms with Crippen LogP contribution < -0.4 is 10.2 Å². The highest BCUT2D eigenvalue weighted by atomic mass is 16.5. The van der Waals surface area contributed by atoms with Crippen LogP contribution in [0.5, 0.6) is 11.5 Å². The Morgan fingerprint density at radius 3 is 2.41 bits per heavy atom. The van der Waals surface area contributed by atoms with Gasteiger partial charge in [0, 0.05) is 37.3 Å². The number of aliphatic carboxylic acids is 1. The van der Waals surface area contributed by atoms with Crippen molar-refractivity contribution in [3.63, 3.8) is 0 Å². The minimum Gasteiger partial charge on any atom is -0.481 e. The second-order valence-corrected chi connectivity index (χ2v) is 9.83. The fourth-order valence-electron chi connectivity index (χ4n) is 4.69. The zero-order valence-electron chi connectivity index (χ0n) is 22.9. The van der Waals surface area contributed by atoms with Crippen molar-refractivity contribution < 1.29 is 14.6 Å². The van der Waals surface area contributed by atoms with E-state index in [-0.39, 0.29) is 6.42 Å². The van der Waals surface area contributed by atoms with Crippen LogP contribution in [-0.4, -0.2) is 22.7 Å². The minimum absolute atomic E-state index is 0.222. The molecule has 4 aromatic rings. The van der Waals surface area contributed by atoms with Gasteiger partial charge in [0.25, 0.3) is 0 Å². The molecule has 1 aromatic heterocycles. The third kappa shape index (κ3) is 7.93. The van der Waals surface area contributed by atoms with Crippen LogP contribution in [0.4, 0.5) is 0 Å². The summed E-state index contributed by atoms with van der Waals surface area (Å²) in [6.45, 7) is 2.53. The van der Waals surface area contributed by atoms with Crippen molar-refractivity contribution in [2.45, 2.75) is 57.9 Å². The van der Waals surface area contributed by atoms with Crippen molar-refractivity contribution in [1.82, 2.24) is 4.57 Å². The summed E-state index contributed by atoms with van der Waals surface area (Å²) in [5, 5.41) is 7.72. The summed E-state index contributed by atoms with van der Waals surface area (Å²) < 4.78 is 8.48. The Bertz CT molecular complexity index is 1420. The molecule has 3 aromatic carbocycles. The summed E-state index contributed by atoms with van der Waals surface area (Å²) in [6.07, 6.45) is 8.67. The number of ether oxygens (including phenoxy) is 1. The van der Waals surface area contributed by atoms with Gasteiger partial charge >= 0.3 is 5.97 Å². The summed E-state index contributed by atoms with van der Waals surface area (Å²) in [6, 6.07) is 31.6. The van der Waals surface area contributed by atoms with E-state index in [9.17, 15) is 4.79 Å². The van der Waals surface area contributed by atoms with E-state index < -0.39 is 5.97 Å². The normalized spacial score (nSPS) is 13.2. The highest BCUT2D eigenvalue weighted by Gasteiger charge is 2.19. The summed E-state index contributed by atoms with van der Waals surface area (Å²) in [4.78, 5) is 13.9. The molecule has 0 atom stereocenters. The van der Waals surface area contributed by atoms with Gasteiger partial charge in [-0.3, -0.25) is 9.79 Å². The molecule has 5 heteroatoms. The first-order valence-electron chi connectivity index (χ1n) is 13.8. The smallest absolute Gasteiger partial charge is 0.303 e. The lowest BCUT2D eigenvalue weighted by molar-refractivity contribution is -0.136. The number of nitrogens with zero attached hydrogens (tertiary/aromatic N) is 2. The molecule has 0 amide bonds. The van der Waals surface area contributed by atoms with Crippen molar-refractivity contribution in [2.24, 2.45) is 4.99 Å². The number of carbonyl (C=O) groups is 1. The van der Waals surface area contributed by atoms with Gasteiger partial charge in [0.2, 0.25) is 0 Å². The second-order valence-electron chi connectivity index (χ2n) is 9.83. The highest BCUT2D eigenvalue weighted by Crippen LogP contribution is 2.36. The summed E-state index contributed by atoms with van der Waals surface area (Å²) in [7, 11) is 1.86. The van der Waals surface area contributed by atoms with E-state index in [4.69, 9.17) is 9.84 Å². The van der Waals surface area contributed by atoms with Gasteiger partial charge in [0.05, 0.1) is 0 Å². The first kappa shape index (κ1) is 27.9. The van der Waals surface area contributed by atoms with Gasteiger partial charge < -0.3 is 14.4 Å². The van der Waals surface area contributed by atoms with E-state index in [2.05, 4.69) is 64.3 Å². The van der Waals surface area contributed by atoms with Crippen LogP contribution in [0.25, 0.3) is 11.1 Å². The molecule has 0 radical (unpaired) electrons. The van der Waals surface area contributed by atoms with Crippen molar-refractivity contribution in [3.8, 4) is 22.6 Å². The van der Waals surface area contributed by atoms with Crippen molar-refractivity contribution in [2.75, 3.05) is 7.05 Å². The number of carboxylic acid groups (broad SMARTS) is 1. The molecule has 5 nitrogen and oxygen atoms in total. The van der Waals surface area contributed by atoms with E-state index in [1.165, 1.54) is 30.4 Å². The standard InChI is InChI=1S/C31H32N2O.C3H6O2/c1-32-31-20-19-27(29-17-5-6-18-30(29)34-28-15-3-2-4-16-28)23-33(31)21-9-11-24-10-7-14-26(22-24)25-12-8-13-25;1-2-3(4)5/h2-7,10,14-20,22-23,25H,8-9,11-13,21H2,1H3;2H2,1H3,(H,4,5). The third-order valence-electron chi connectivity index (χ3n) is 7.09. The van der Waals surface area contributed by atoms with Gasteiger partial charge in [-0.15, -0.1) is 0 Å². The molecule has 0 bridgehead atoms. The largest absolute Gasteiger partial charge is 0.481 e. The Kier molecular flexibility index (Phi) is 10.1. The van der Waals surface area contributed by atoms with Crippen molar-refractivity contribution >= 4 is 5.97 Å². The Labute approximate surface area is 231 Å². The van der Waals surface area contributed by atoms with E-state index in [0.717, 1.165) is 53.4 Å². The lowest BCUT2D eigenvalue weighted by Crippen LogP contribution is -2.20. The molecule has 1 aliphatic rings.